The Morgan fingerprint density at radius 3 is 2.62 bits per heavy atom. The van der Waals surface area contributed by atoms with E-state index in [-0.39, 0.29) is 31.0 Å². The minimum Gasteiger partial charge on any atom is -0.388 e. The molecule has 0 aliphatic carbocycles. The Bertz CT molecular complexity index is 589. The van der Waals surface area contributed by atoms with Gasteiger partial charge >= 0.3 is 6.18 Å². The van der Waals surface area contributed by atoms with Crippen LogP contribution in [0.3, 0.4) is 0 Å². The van der Waals surface area contributed by atoms with Gasteiger partial charge < -0.3 is 10.0 Å². The minimum atomic E-state index is -4.40. The molecule has 1 heterocycles. The molecule has 0 aromatic heterocycles. The van der Waals surface area contributed by atoms with Gasteiger partial charge in [-0.2, -0.15) is 13.2 Å². The number of amides is 1. The molecule has 7 heteroatoms. The summed E-state index contributed by atoms with van der Waals surface area (Å²) in [5.74, 6) is -0.185. The maximum atomic E-state index is 13.1. The minimum absolute atomic E-state index is 0.0165. The van der Waals surface area contributed by atoms with E-state index in [1.165, 1.54) is 17.0 Å². The van der Waals surface area contributed by atoms with Crippen LogP contribution in [0.1, 0.15) is 30.4 Å². The number of halogens is 3. The number of hydrogen-bond acceptors (Lipinski definition) is 3. The zero-order valence-corrected chi connectivity index (χ0v) is 13.9. The summed E-state index contributed by atoms with van der Waals surface area (Å²) in [5.41, 5.74) is -1.65. The van der Waals surface area contributed by atoms with E-state index in [2.05, 4.69) is 0 Å². The van der Waals surface area contributed by atoms with Crippen LogP contribution in [-0.4, -0.2) is 53.6 Å². The largest absolute Gasteiger partial charge is 0.416 e. The first-order valence-corrected chi connectivity index (χ1v) is 7.91. The Hall–Kier alpha value is -1.60. The number of likely N-dealkylation sites (tertiary alicyclic amines) is 1. The maximum Gasteiger partial charge on any atom is 0.416 e. The number of benzene rings is 1. The molecule has 1 saturated heterocycles. The Balaban J connectivity index is 2.10. The van der Waals surface area contributed by atoms with Gasteiger partial charge in [-0.05, 0) is 31.0 Å². The van der Waals surface area contributed by atoms with Gasteiger partial charge in [-0.1, -0.05) is 18.2 Å². The first-order valence-electron chi connectivity index (χ1n) is 7.91. The normalized spacial score (nSPS) is 22.4. The summed E-state index contributed by atoms with van der Waals surface area (Å²) in [6, 6.07) is 5.48. The molecule has 0 spiro atoms. The van der Waals surface area contributed by atoms with Gasteiger partial charge in [0.25, 0.3) is 0 Å². The van der Waals surface area contributed by atoms with Gasteiger partial charge in [-0.3, -0.25) is 9.69 Å². The molecule has 2 rings (SSSR count). The predicted molar refractivity (Wildman–Crippen MR) is 84.2 cm³/mol. The molecule has 1 aliphatic rings. The summed E-state index contributed by atoms with van der Waals surface area (Å²) in [5, 5.41) is 10.7. The molecule has 24 heavy (non-hydrogen) atoms. The number of rotatable bonds is 4. The maximum absolute atomic E-state index is 13.1. The van der Waals surface area contributed by atoms with Crippen molar-refractivity contribution in [1.29, 1.82) is 0 Å². The van der Waals surface area contributed by atoms with Gasteiger partial charge in [0.05, 0.1) is 17.6 Å². The molecule has 1 aliphatic heterocycles. The second-order valence-electron chi connectivity index (χ2n) is 6.66. The highest BCUT2D eigenvalue weighted by atomic mass is 19.4. The van der Waals surface area contributed by atoms with Crippen molar-refractivity contribution in [3.05, 3.63) is 35.4 Å². The summed E-state index contributed by atoms with van der Waals surface area (Å²) >= 11 is 0. The predicted octanol–water partition coefficient (Wildman–Crippen LogP) is 2.51. The highest BCUT2D eigenvalue weighted by Crippen LogP contribution is 2.33. The van der Waals surface area contributed by atoms with Crippen molar-refractivity contribution in [2.45, 2.75) is 37.6 Å². The van der Waals surface area contributed by atoms with Crippen LogP contribution in [0.25, 0.3) is 0 Å². The molecule has 1 unspecified atom stereocenters. The number of piperidine rings is 1. The van der Waals surface area contributed by atoms with Gasteiger partial charge in [0.1, 0.15) is 0 Å². The lowest BCUT2D eigenvalue weighted by Gasteiger charge is -2.39. The lowest BCUT2D eigenvalue weighted by atomic mass is 9.88. The number of carbonyl (C=O) groups excluding carboxylic acids is 1. The van der Waals surface area contributed by atoms with E-state index in [4.69, 9.17) is 0 Å². The summed E-state index contributed by atoms with van der Waals surface area (Å²) in [6.45, 7) is 0.900. The van der Waals surface area contributed by atoms with E-state index in [0.717, 1.165) is 6.07 Å². The van der Waals surface area contributed by atoms with E-state index in [0.29, 0.717) is 19.4 Å². The van der Waals surface area contributed by atoms with Crippen molar-refractivity contribution in [1.82, 2.24) is 9.80 Å². The van der Waals surface area contributed by atoms with Crippen molar-refractivity contribution < 1.29 is 23.1 Å². The van der Waals surface area contributed by atoms with Crippen LogP contribution in [0.5, 0.6) is 0 Å². The molecule has 0 radical (unpaired) electrons. The Kier molecular flexibility index (Phi) is 5.55. The number of carbonyl (C=O) groups is 1. The van der Waals surface area contributed by atoms with Gasteiger partial charge in [0.2, 0.25) is 5.91 Å². The number of aliphatic hydroxyl groups is 1. The summed E-state index contributed by atoms with van der Waals surface area (Å²) in [6.07, 6.45) is -3.30. The van der Waals surface area contributed by atoms with Crippen molar-refractivity contribution in [3.63, 3.8) is 0 Å². The van der Waals surface area contributed by atoms with Gasteiger partial charge in [-0.25, -0.2) is 0 Å². The van der Waals surface area contributed by atoms with Crippen molar-refractivity contribution in [2.24, 2.45) is 0 Å². The third-order valence-electron chi connectivity index (χ3n) is 4.33. The molecule has 0 bridgehead atoms. The topological polar surface area (TPSA) is 43.8 Å². The number of alkyl halides is 3. The molecule has 134 valence electrons. The van der Waals surface area contributed by atoms with E-state index in [9.17, 15) is 23.1 Å². The fourth-order valence-corrected chi connectivity index (χ4v) is 3.10. The fraction of sp³-hybridized carbons (Fsp3) is 0.588. The Morgan fingerprint density at radius 1 is 1.33 bits per heavy atom. The van der Waals surface area contributed by atoms with Crippen LogP contribution in [0.15, 0.2) is 24.3 Å². The molecule has 1 fully saturated rings. The summed E-state index contributed by atoms with van der Waals surface area (Å²) < 4.78 is 39.3. The standard InChI is InChI=1S/C17H23F3N2O2/c1-21(2)15(23)10-16(24)8-5-9-22(12-16)11-13-6-3-4-7-14(13)17(18,19)20/h3-4,6-7,24H,5,8-12H2,1-2H3. The fourth-order valence-electron chi connectivity index (χ4n) is 3.10. The average molecular weight is 344 g/mol. The molecule has 1 aromatic rings. The van der Waals surface area contributed by atoms with Crippen LogP contribution in [0.4, 0.5) is 13.2 Å². The van der Waals surface area contributed by atoms with E-state index >= 15 is 0 Å². The van der Waals surface area contributed by atoms with Crippen LogP contribution in [-0.2, 0) is 17.5 Å². The second-order valence-corrected chi connectivity index (χ2v) is 6.66. The molecule has 1 amide bonds. The molecular formula is C17H23F3N2O2. The monoisotopic (exact) mass is 344 g/mol. The molecule has 1 atom stereocenters. The van der Waals surface area contributed by atoms with Crippen molar-refractivity contribution >= 4 is 5.91 Å². The van der Waals surface area contributed by atoms with Crippen LogP contribution in [0, 0.1) is 0 Å². The van der Waals surface area contributed by atoms with Crippen LogP contribution < -0.4 is 0 Å². The molecule has 4 nitrogen and oxygen atoms in total. The Morgan fingerprint density at radius 2 is 2.00 bits per heavy atom. The number of hydrogen-bond donors (Lipinski definition) is 1. The SMILES string of the molecule is CN(C)C(=O)CC1(O)CCCN(Cc2ccccc2C(F)(F)F)C1. The van der Waals surface area contributed by atoms with Crippen LogP contribution >= 0.6 is 0 Å². The number of β-amino-alcohol motifs (C(OH)–C–C–N with tert-alkyl or cyclic N) is 1. The zero-order chi connectivity index (χ0) is 18.0. The highest BCUT2D eigenvalue weighted by Gasteiger charge is 2.37. The number of nitrogens with zero attached hydrogens (tertiary/aromatic N) is 2. The van der Waals surface area contributed by atoms with Gasteiger partial charge in [0, 0.05) is 27.2 Å². The first kappa shape index (κ1) is 18.7. The second kappa shape index (κ2) is 7.11. The molecule has 1 N–H and O–H groups in total. The third-order valence-corrected chi connectivity index (χ3v) is 4.33. The zero-order valence-electron chi connectivity index (χ0n) is 13.9. The lowest BCUT2D eigenvalue weighted by molar-refractivity contribution is -0.138. The highest BCUT2D eigenvalue weighted by molar-refractivity contribution is 5.76. The first-order chi connectivity index (χ1) is 11.1. The Labute approximate surface area is 139 Å². The van der Waals surface area contributed by atoms with E-state index in [1.807, 2.05) is 0 Å². The lowest BCUT2D eigenvalue weighted by Crippen LogP contribution is -2.50. The average Bonchev–Trinajstić information content (AvgIpc) is 2.46. The van der Waals surface area contributed by atoms with E-state index in [1.54, 1.807) is 25.1 Å². The van der Waals surface area contributed by atoms with Crippen molar-refractivity contribution in [3.8, 4) is 0 Å². The summed E-state index contributed by atoms with van der Waals surface area (Å²) in [7, 11) is 3.23. The van der Waals surface area contributed by atoms with Crippen molar-refractivity contribution in [2.75, 3.05) is 27.2 Å². The summed E-state index contributed by atoms with van der Waals surface area (Å²) in [4.78, 5) is 15.1. The quantitative estimate of drug-likeness (QED) is 0.913. The molecule has 1 aromatic carbocycles. The van der Waals surface area contributed by atoms with Crippen LogP contribution in [0.2, 0.25) is 0 Å². The van der Waals surface area contributed by atoms with E-state index < -0.39 is 17.3 Å². The molecule has 0 saturated carbocycles. The third kappa shape index (κ3) is 4.70. The molecular weight excluding hydrogens is 321 g/mol. The van der Waals surface area contributed by atoms with Gasteiger partial charge in [0.15, 0.2) is 0 Å². The smallest absolute Gasteiger partial charge is 0.388 e. The van der Waals surface area contributed by atoms with Gasteiger partial charge in [-0.15, -0.1) is 0 Å².